The van der Waals surface area contributed by atoms with E-state index in [2.05, 4.69) is 208 Å². The van der Waals surface area contributed by atoms with Gasteiger partial charge in [-0.15, -0.1) is 0 Å². The Morgan fingerprint density at radius 2 is 0.640 bits per heavy atom. The third kappa shape index (κ3) is 116. The van der Waals surface area contributed by atoms with Crippen molar-refractivity contribution in [2.24, 2.45) is 107 Å². The van der Waals surface area contributed by atoms with Gasteiger partial charge in [-0.05, 0) is 201 Å². The van der Waals surface area contributed by atoms with Crippen LogP contribution in [-0.2, 0) is 81.0 Å². The van der Waals surface area contributed by atoms with Crippen LogP contribution in [0.5, 0.6) is 0 Å². The van der Waals surface area contributed by atoms with Gasteiger partial charge in [0.25, 0.3) is 0 Å². The normalized spacial score (nSPS) is 14.4. The van der Waals surface area contributed by atoms with Crippen LogP contribution >= 0.6 is 0 Å². The molecule has 0 amide bonds. The fourth-order valence-electron chi connectivity index (χ4n) is 11.0. The average molecular weight is 1790 g/mol. The highest BCUT2D eigenvalue weighted by atomic mass is 16.6. The molecule has 125 heavy (non-hydrogen) atoms. The maximum absolute atomic E-state index is 11.7. The summed E-state index contributed by atoms with van der Waals surface area (Å²) in [6, 6.07) is -0.486. The molecule has 2 aliphatic rings. The molecule has 18 heteroatoms. The predicted octanol–water partition coefficient (Wildman–Crippen LogP) is 29.4. The Morgan fingerprint density at radius 3 is 0.936 bits per heavy atom. The summed E-state index contributed by atoms with van der Waals surface area (Å²) in [4.78, 5) is 90.5. The molecule has 2 N–H and O–H groups in total. The van der Waals surface area contributed by atoms with Gasteiger partial charge in [0.05, 0.1) is 69.1 Å². The quantitative estimate of drug-likeness (QED) is 0.0364. The lowest BCUT2D eigenvalue weighted by Gasteiger charge is -2.24. The molecule has 0 aromatic heterocycles. The van der Waals surface area contributed by atoms with Crippen LogP contribution in [0.4, 0.5) is 0 Å². The highest BCUT2D eigenvalue weighted by Crippen LogP contribution is 2.31. The number of hydrogen-bond acceptors (Lipinski definition) is 18. The smallest absolute Gasteiger partial charge is 0.332 e. The summed E-state index contributed by atoms with van der Waals surface area (Å²) in [7, 11) is 0. The van der Waals surface area contributed by atoms with Crippen molar-refractivity contribution in [1.29, 1.82) is 0 Å². The molecule has 0 bridgehead atoms. The van der Waals surface area contributed by atoms with Gasteiger partial charge in [0, 0.05) is 25.9 Å². The highest BCUT2D eigenvalue weighted by Gasteiger charge is 2.29. The Kier molecular flexibility index (Phi) is 76.7. The summed E-state index contributed by atoms with van der Waals surface area (Å²) in [6.07, 6.45) is 22.6. The molecule has 4 unspecified atom stereocenters. The van der Waals surface area contributed by atoms with E-state index in [9.17, 15) is 38.4 Å². The summed E-state index contributed by atoms with van der Waals surface area (Å²) >= 11 is 0. The average Bonchev–Trinajstić information content (AvgIpc) is 1.82. The lowest BCUT2D eigenvalue weighted by atomic mass is 9.84. The Morgan fingerprint density at radius 1 is 0.328 bits per heavy atom. The van der Waals surface area contributed by atoms with Gasteiger partial charge < -0.3 is 48.4 Å². The molecule has 2 fully saturated rings. The van der Waals surface area contributed by atoms with Crippen molar-refractivity contribution >= 4 is 47.8 Å². The maximum Gasteiger partial charge on any atom is 0.332 e. The van der Waals surface area contributed by atoms with Crippen molar-refractivity contribution < 1.29 is 81.0 Å². The minimum absolute atomic E-state index is 0.0231. The SMILES string of the molecule is CC(C)(C)CCCOC(=O)C1CCCC1.CC(C)C(C)(C)C.CC(C)C(N)C(=O)OCCCC(C)(C)C.CC(C)CC(=O)OC(C)CC(C)(C)C.CC(C)CC(=O)OCCC(C)(C)C.CC(C)CC(=O)OCCCC(C)(C)C.CC(CC(C)(C)C)OC(=O)C(C)C.CC(CC(C)(C)C)OC(=O)C1CCCC1.CCC(C)(C)C.CCCOCC(=O)OCC(C)(C)C. The zero-order chi connectivity index (χ0) is 100. The van der Waals surface area contributed by atoms with Crippen molar-refractivity contribution in [1.82, 2.24) is 0 Å². The minimum atomic E-state index is -0.486. The highest BCUT2D eigenvalue weighted by molar-refractivity contribution is 5.76. The van der Waals surface area contributed by atoms with E-state index in [-0.39, 0.29) is 123 Å². The molecule has 0 heterocycles. The zero-order valence-electron chi connectivity index (χ0n) is 91.7. The monoisotopic (exact) mass is 1790 g/mol. The summed E-state index contributed by atoms with van der Waals surface area (Å²) in [6.45, 7) is 103. The third-order valence-electron chi connectivity index (χ3n) is 19.3. The van der Waals surface area contributed by atoms with Crippen molar-refractivity contribution in [2.45, 2.75) is 497 Å². The molecule has 0 aromatic rings. The fourth-order valence-corrected chi connectivity index (χ4v) is 11.0. The van der Waals surface area contributed by atoms with E-state index in [1.807, 2.05) is 118 Å². The number of rotatable bonds is 33. The van der Waals surface area contributed by atoms with Gasteiger partial charge in [-0.3, -0.25) is 33.6 Å². The molecular formula is C107H215NO17. The fraction of sp³-hybridized carbons (Fsp3) is 0.925. The van der Waals surface area contributed by atoms with E-state index in [0.717, 1.165) is 102 Å². The van der Waals surface area contributed by atoms with E-state index in [0.29, 0.717) is 104 Å². The first-order valence-corrected chi connectivity index (χ1v) is 48.9. The number of esters is 8. The molecule has 0 spiro atoms. The minimum Gasteiger partial charge on any atom is -0.466 e. The van der Waals surface area contributed by atoms with Gasteiger partial charge in [-0.25, -0.2) is 4.79 Å². The van der Waals surface area contributed by atoms with Gasteiger partial charge in [-0.2, -0.15) is 0 Å². The number of carbonyl (C=O) groups excluding carboxylic acids is 8. The number of ether oxygens (including phenoxy) is 9. The summed E-state index contributed by atoms with van der Waals surface area (Å²) in [5.74, 6) is 1.69. The van der Waals surface area contributed by atoms with Crippen LogP contribution in [0.1, 0.15) is 473 Å². The Labute approximate surface area is 775 Å². The zero-order valence-corrected chi connectivity index (χ0v) is 91.7. The molecule has 0 aliphatic heterocycles. The summed E-state index contributed by atoms with van der Waals surface area (Å²) in [5.41, 5.74) is 8.62. The Bertz CT molecular complexity index is 2650. The van der Waals surface area contributed by atoms with Crippen LogP contribution in [0.15, 0.2) is 0 Å². The van der Waals surface area contributed by atoms with Crippen LogP contribution in [-0.4, -0.2) is 118 Å². The third-order valence-corrected chi connectivity index (χ3v) is 19.3. The largest absolute Gasteiger partial charge is 0.466 e. The van der Waals surface area contributed by atoms with Crippen LogP contribution in [0.3, 0.4) is 0 Å². The van der Waals surface area contributed by atoms with E-state index in [4.69, 9.17) is 48.4 Å². The standard InChI is InChI=1S/2C13H24O2.C12H25NO2.2C12H24O2.2C11H22O2.C10H20O3.C7H16.C6H14/c1-10(9-13(2,3)4)15-12(14)11-7-5-6-8-11;1-13(2,3)9-6-10-15-12(14)11-7-4-5-8-11;1-9(2)10(13)11(14)15-8-6-7-12(3,4)5;1-9(2)7-11(13)14-10(3)8-12(4,5)6;1-10(2)9-11(13)14-8-6-7-12(3,4)5;1-8(2)10(12)13-9(3)7-11(4,5)6;1-9(2)8-10(12)13-7-6-11(3,4)5;1-5-6-12-7-9(11)13-8-10(2,3)4;1-6(2)7(3,4)5;1-5-6(2,3)4/h10-11H,5-9H2,1-4H3;11H,4-10H2,1-3H3;9-10H,6-8,13H2,1-5H3;9-10H,7-8H2,1-6H3;10H,6-9H2,1-5H3;8-9H,7H2,1-6H3;9H,6-8H2,1-5H3;5-8H2,1-4H3;6H,1-5H3;5H2,1-4H3. The van der Waals surface area contributed by atoms with Gasteiger partial charge in [0.1, 0.15) is 12.6 Å². The Balaban J connectivity index is -0.000000204. The molecule has 0 aromatic carbocycles. The molecule has 0 radical (unpaired) electrons. The number of carbonyl (C=O) groups is 8. The second-order valence-electron chi connectivity index (χ2n) is 49.6. The van der Waals surface area contributed by atoms with Crippen LogP contribution in [0.25, 0.3) is 0 Å². The van der Waals surface area contributed by atoms with E-state index < -0.39 is 6.04 Å². The molecule has 750 valence electrons. The number of hydrogen-bond donors (Lipinski definition) is 1. The van der Waals surface area contributed by atoms with Gasteiger partial charge >= 0.3 is 47.8 Å². The van der Waals surface area contributed by atoms with Crippen molar-refractivity contribution in [3.05, 3.63) is 0 Å². The molecular weight excluding hydrogens is 1570 g/mol. The lowest BCUT2D eigenvalue weighted by molar-refractivity contribution is -0.154. The molecule has 0 saturated heterocycles. The molecule has 2 rings (SSSR count). The first-order chi connectivity index (χ1) is 56.1. The number of nitrogens with two attached hydrogens (primary N) is 1. The molecule has 2 aliphatic carbocycles. The van der Waals surface area contributed by atoms with E-state index >= 15 is 0 Å². The first-order valence-electron chi connectivity index (χ1n) is 48.9. The van der Waals surface area contributed by atoms with Crippen LogP contribution in [0, 0.1) is 101 Å². The predicted molar refractivity (Wildman–Crippen MR) is 528 cm³/mol. The summed E-state index contributed by atoms with van der Waals surface area (Å²) in [5, 5.41) is 0. The Hall–Kier alpha value is -4.32. The summed E-state index contributed by atoms with van der Waals surface area (Å²) < 4.78 is 46.6. The van der Waals surface area contributed by atoms with Crippen molar-refractivity contribution in [3.8, 4) is 0 Å². The van der Waals surface area contributed by atoms with Crippen LogP contribution < -0.4 is 5.73 Å². The van der Waals surface area contributed by atoms with E-state index in [1.165, 1.54) is 32.1 Å². The van der Waals surface area contributed by atoms with Crippen LogP contribution in [0.2, 0.25) is 0 Å². The van der Waals surface area contributed by atoms with Gasteiger partial charge in [0.15, 0.2) is 0 Å². The van der Waals surface area contributed by atoms with Gasteiger partial charge in [-0.1, -0.05) is 337 Å². The van der Waals surface area contributed by atoms with E-state index in [1.54, 1.807) is 0 Å². The molecule has 18 nitrogen and oxygen atoms in total. The first kappa shape index (κ1) is 136. The topological polar surface area (TPSA) is 246 Å². The molecule has 2 saturated carbocycles. The second kappa shape index (κ2) is 70.5. The second-order valence-corrected chi connectivity index (χ2v) is 49.6. The lowest BCUT2D eigenvalue weighted by Crippen LogP contribution is -2.37. The van der Waals surface area contributed by atoms with Gasteiger partial charge in [0.2, 0.25) is 0 Å². The van der Waals surface area contributed by atoms with Crippen molar-refractivity contribution in [2.75, 3.05) is 46.2 Å². The molecule has 4 atom stereocenters. The van der Waals surface area contributed by atoms with Crippen molar-refractivity contribution in [3.63, 3.8) is 0 Å². The maximum atomic E-state index is 11.7.